The molecule has 0 aromatic heterocycles. The van der Waals surface area contributed by atoms with Crippen LogP contribution in [-0.4, -0.2) is 33.9 Å². The Morgan fingerprint density at radius 1 is 0.630 bits per heavy atom. The molecule has 46 heavy (non-hydrogen) atoms. The highest BCUT2D eigenvalue weighted by Gasteiger charge is 2.12. The summed E-state index contributed by atoms with van der Waals surface area (Å²) in [5.41, 5.74) is 5.04. The molecule has 1 N–H and O–H groups in total. The van der Waals surface area contributed by atoms with Crippen molar-refractivity contribution in [1.82, 2.24) is 10.2 Å². The number of hydrogen-bond acceptors (Lipinski definition) is 6. The van der Waals surface area contributed by atoms with E-state index in [1.54, 1.807) is 24.3 Å². The molecule has 0 saturated carbocycles. The number of nitrogens with zero attached hydrogens (tertiary/aromatic N) is 3. The van der Waals surface area contributed by atoms with Gasteiger partial charge in [-0.05, 0) is 56.0 Å². The van der Waals surface area contributed by atoms with Crippen molar-refractivity contribution in [2.45, 2.75) is 86.0 Å². The maximum atomic E-state index is 10.6. The molecular weight excluding hydrogens is 576 g/mol. The first kappa shape index (κ1) is 39.6. The molecular formula is C38H52N4O4. The van der Waals surface area contributed by atoms with Gasteiger partial charge < -0.3 is 5.32 Å². The van der Waals surface area contributed by atoms with Crippen molar-refractivity contribution < 1.29 is 9.85 Å². The molecule has 4 rings (SSSR count). The summed E-state index contributed by atoms with van der Waals surface area (Å²) in [4.78, 5) is 22.8. The van der Waals surface area contributed by atoms with E-state index in [2.05, 4.69) is 69.2 Å². The first-order valence-corrected chi connectivity index (χ1v) is 16.1. The predicted molar refractivity (Wildman–Crippen MR) is 191 cm³/mol. The van der Waals surface area contributed by atoms with E-state index in [4.69, 9.17) is 0 Å². The Labute approximate surface area is 275 Å². The van der Waals surface area contributed by atoms with Crippen LogP contribution in [0.4, 0.5) is 11.4 Å². The summed E-state index contributed by atoms with van der Waals surface area (Å²) < 4.78 is 0. The molecule has 8 nitrogen and oxygen atoms in total. The maximum absolute atomic E-state index is 10.6. The molecule has 0 heterocycles. The fraction of sp³-hybridized carbons (Fsp3) is 0.368. The quantitative estimate of drug-likeness (QED) is 0.124. The normalized spacial score (nSPS) is 11.4. The van der Waals surface area contributed by atoms with Crippen LogP contribution in [0.25, 0.3) is 0 Å². The first-order chi connectivity index (χ1) is 22.1. The van der Waals surface area contributed by atoms with Gasteiger partial charge in [0.05, 0.1) is 9.85 Å². The topological polar surface area (TPSA) is 102 Å². The van der Waals surface area contributed by atoms with Crippen LogP contribution in [0.15, 0.2) is 109 Å². The van der Waals surface area contributed by atoms with E-state index in [0.29, 0.717) is 12.1 Å². The van der Waals surface area contributed by atoms with Crippen molar-refractivity contribution in [2.24, 2.45) is 0 Å². The Morgan fingerprint density at radius 2 is 1.02 bits per heavy atom. The average molecular weight is 629 g/mol. The lowest BCUT2D eigenvalue weighted by molar-refractivity contribution is -0.385. The lowest BCUT2D eigenvalue weighted by Crippen LogP contribution is -2.30. The second-order valence-corrected chi connectivity index (χ2v) is 11.0. The van der Waals surface area contributed by atoms with E-state index in [1.165, 1.54) is 17.5 Å². The fourth-order valence-corrected chi connectivity index (χ4v) is 4.35. The van der Waals surface area contributed by atoms with Crippen LogP contribution in [0.3, 0.4) is 0 Å². The monoisotopic (exact) mass is 628 g/mol. The van der Waals surface area contributed by atoms with Crippen molar-refractivity contribution in [3.05, 3.63) is 152 Å². The van der Waals surface area contributed by atoms with Crippen molar-refractivity contribution in [3.8, 4) is 0 Å². The molecule has 4 aromatic rings. The molecule has 0 aliphatic carbocycles. The Kier molecular flexibility index (Phi) is 19.8. The molecule has 248 valence electrons. The minimum Gasteiger partial charge on any atom is -0.310 e. The van der Waals surface area contributed by atoms with Crippen LogP contribution in [-0.2, 0) is 25.9 Å². The highest BCUT2D eigenvalue weighted by Crippen LogP contribution is 2.16. The van der Waals surface area contributed by atoms with Gasteiger partial charge in [-0.2, -0.15) is 0 Å². The molecule has 0 amide bonds. The number of benzene rings is 4. The zero-order valence-electron chi connectivity index (χ0n) is 28.6. The molecule has 0 spiro atoms. The van der Waals surface area contributed by atoms with Gasteiger partial charge in [0.15, 0.2) is 0 Å². The number of nitrogens with one attached hydrogen (secondary N) is 1. The van der Waals surface area contributed by atoms with E-state index in [-0.39, 0.29) is 21.2 Å². The summed E-state index contributed by atoms with van der Waals surface area (Å²) in [5, 5.41) is 24.7. The summed E-state index contributed by atoms with van der Waals surface area (Å²) in [6.45, 7) is 14.3. The predicted octanol–water partition coefficient (Wildman–Crippen LogP) is 9.42. The first-order valence-electron chi connectivity index (χ1n) is 16.1. The maximum Gasteiger partial charge on any atom is 0.269 e. The zero-order valence-corrected chi connectivity index (χ0v) is 28.6. The lowest BCUT2D eigenvalue weighted by Gasteiger charge is -2.24. The van der Waals surface area contributed by atoms with Gasteiger partial charge in [-0.1, -0.05) is 119 Å². The molecule has 0 aliphatic heterocycles. The van der Waals surface area contributed by atoms with Gasteiger partial charge in [-0.15, -0.1) is 0 Å². The molecule has 0 fully saturated rings. The van der Waals surface area contributed by atoms with Gasteiger partial charge in [0, 0.05) is 49.4 Å². The van der Waals surface area contributed by atoms with E-state index < -0.39 is 0 Å². The molecule has 0 bridgehead atoms. The highest BCUT2D eigenvalue weighted by molar-refractivity contribution is 5.34. The van der Waals surface area contributed by atoms with Crippen LogP contribution in [0.2, 0.25) is 0 Å². The van der Waals surface area contributed by atoms with Crippen molar-refractivity contribution >= 4 is 11.4 Å². The van der Waals surface area contributed by atoms with Gasteiger partial charge >= 0.3 is 0 Å². The zero-order chi connectivity index (χ0) is 34.3. The third-order valence-corrected chi connectivity index (χ3v) is 6.89. The number of nitro groups is 2. The molecule has 2 atom stereocenters. The number of non-ortho nitro benzene ring substituents is 2. The number of nitro benzene ring substituents is 2. The Balaban J connectivity index is 0.000000404. The van der Waals surface area contributed by atoms with Crippen molar-refractivity contribution in [2.75, 3.05) is 7.05 Å². The Morgan fingerprint density at radius 3 is 1.43 bits per heavy atom. The molecule has 0 saturated heterocycles. The van der Waals surface area contributed by atoms with Crippen molar-refractivity contribution in [3.63, 3.8) is 0 Å². The van der Waals surface area contributed by atoms with Crippen LogP contribution in [0, 0.1) is 20.2 Å². The average Bonchev–Trinajstić information content (AvgIpc) is 3.07. The second-order valence-electron chi connectivity index (χ2n) is 11.0. The SMILES string of the molecule is CC.CC(Cc1ccc([N+](=O)[O-])cc1)N(C)Cc1ccccc1.CC(Cc1ccc([N+](=O)[O-])cc1)NCc1ccccc1.CCC. The van der Waals surface area contributed by atoms with Crippen LogP contribution >= 0.6 is 0 Å². The third kappa shape index (κ3) is 16.1. The largest absolute Gasteiger partial charge is 0.310 e. The highest BCUT2D eigenvalue weighted by atomic mass is 16.6. The van der Waals surface area contributed by atoms with Gasteiger partial charge in [-0.3, -0.25) is 25.1 Å². The van der Waals surface area contributed by atoms with E-state index in [1.807, 2.05) is 74.5 Å². The van der Waals surface area contributed by atoms with Crippen LogP contribution in [0.5, 0.6) is 0 Å². The molecule has 0 radical (unpaired) electrons. The van der Waals surface area contributed by atoms with E-state index in [0.717, 1.165) is 37.1 Å². The molecule has 8 heteroatoms. The standard InChI is InChI=1S/C17H20N2O2.C16H18N2O2.C3H8.C2H6/c1-14(18(2)13-16-6-4-3-5-7-16)12-15-8-10-17(11-9-15)19(20)21;1-13(17-12-15-5-3-2-4-6-15)11-14-7-9-16(10-8-14)18(19)20;1-3-2;1-2/h3-11,14H,12-13H2,1-2H3;2-10,13,17H,11-12H2,1H3;3H2,1-2H3;1-2H3. The summed E-state index contributed by atoms with van der Waals surface area (Å²) in [5.74, 6) is 0. The second kappa shape index (κ2) is 23.0. The van der Waals surface area contributed by atoms with E-state index in [9.17, 15) is 20.2 Å². The smallest absolute Gasteiger partial charge is 0.269 e. The van der Waals surface area contributed by atoms with Crippen LogP contribution in [0.1, 0.15) is 70.2 Å². The molecule has 2 unspecified atom stereocenters. The number of rotatable bonds is 12. The van der Waals surface area contributed by atoms with Crippen LogP contribution < -0.4 is 5.32 Å². The minimum absolute atomic E-state index is 0.138. The Hall–Kier alpha value is -4.40. The molecule has 0 aliphatic rings. The third-order valence-electron chi connectivity index (χ3n) is 6.89. The van der Waals surface area contributed by atoms with E-state index >= 15 is 0 Å². The Bertz CT molecular complexity index is 1370. The summed E-state index contributed by atoms with van der Waals surface area (Å²) in [7, 11) is 2.10. The van der Waals surface area contributed by atoms with Gasteiger partial charge in [0.2, 0.25) is 0 Å². The molecule has 4 aromatic carbocycles. The summed E-state index contributed by atoms with van der Waals surface area (Å²) in [6.07, 6.45) is 2.98. The summed E-state index contributed by atoms with van der Waals surface area (Å²) in [6, 6.07) is 34.8. The van der Waals surface area contributed by atoms with Gasteiger partial charge in [0.1, 0.15) is 0 Å². The summed E-state index contributed by atoms with van der Waals surface area (Å²) >= 11 is 0. The fourth-order valence-electron chi connectivity index (χ4n) is 4.35. The van der Waals surface area contributed by atoms with Gasteiger partial charge in [-0.25, -0.2) is 0 Å². The number of hydrogen-bond donors (Lipinski definition) is 1. The minimum atomic E-state index is -0.374. The van der Waals surface area contributed by atoms with Gasteiger partial charge in [0.25, 0.3) is 11.4 Å². The van der Waals surface area contributed by atoms with Crippen molar-refractivity contribution in [1.29, 1.82) is 0 Å². The lowest BCUT2D eigenvalue weighted by atomic mass is 10.1. The number of likely N-dealkylation sites (N-methyl/N-ethyl adjacent to an activating group) is 1.